The summed E-state index contributed by atoms with van der Waals surface area (Å²) in [4.78, 5) is 4.62. The Hall–Kier alpha value is -0.230. The number of hydrogen-bond donors (Lipinski definition) is 1. The van der Waals surface area contributed by atoms with Gasteiger partial charge in [0.2, 0.25) is 0 Å². The van der Waals surface area contributed by atoms with Gasteiger partial charge in [-0.05, 0) is 19.3 Å². The van der Waals surface area contributed by atoms with Crippen LogP contribution < -0.4 is 5.32 Å². The van der Waals surface area contributed by atoms with Gasteiger partial charge in [0.25, 0.3) is 0 Å². The summed E-state index contributed by atoms with van der Waals surface area (Å²) in [6, 6.07) is 0.365. The summed E-state index contributed by atoms with van der Waals surface area (Å²) in [6.45, 7) is 6.31. The van der Waals surface area contributed by atoms with Gasteiger partial charge in [0.1, 0.15) is 0 Å². The highest BCUT2D eigenvalue weighted by atomic mass is 32.2. The third-order valence-corrected chi connectivity index (χ3v) is 6.25. The van der Waals surface area contributed by atoms with Crippen LogP contribution in [0.5, 0.6) is 0 Å². The zero-order valence-electron chi connectivity index (χ0n) is 10.6. The average Bonchev–Trinajstić information content (AvgIpc) is 2.72. The zero-order chi connectivity index (χ0) is 12.7. The topological polar surface area (TPSA) is 58.5 Å². The van der Waals surface area contributed by atoms with Crippen LogP contribution >= 0.6 is 11.8 Å². The minimum atomic E-state index is -2.85. The Balaban J connectivity index is 2.01. The predicted octanol–water partition coefficient (Wildman–Crippen LogP) is 1.28. The summed E-state index contributed by atoms with van der Waals surface area (Å²) in [6.07, 6.45) is 0.682. The average molecular weight is 276 g/mol. The van der Waals surface area contributed by atoms with E-state index in [0.717, 1.165) is 10.9 Å². The van der Waals surface area contributed by atoms with Crippen LogP contribution in [-0.4, -0.2) is 42.4 Å². The Kier molecular flexibility index (Phi) is 3.47. The fourth-order valence-electron chi connectivity index (χ4n) is 2.17. The monoisotopic (exact) mass is 276 g/mol. The molecule has 2 rings (SSSR count). The number of nitrogens with zero attached hydrogens (tertiary/aromatic N) is 1. The molecular formula is C11H20N2O2S2. The fraction of sp³-hybridized carbons (Fsp3) is 0.909. The highest BCUT2D eigenvalue weighted by molar-refractivity contribution is 8.14. The van der Waals surface area contributed by atoms with Gasteiger partial charge in [-0.1, -0.05) is 25.6 Å². The molecule has 1 saturated heterocycles. The largest absolute Gasteiger partial charge is 0.359 e. The first-order valence-electron chi connectivity index (χ1n) is 5.99. The minimum Gasteiger partial charge on any atom is -0.359 e. The summed E-state index contributed by atoms with van der Waals surface area (Å²) in [5.74, 6) is 2.07. The second-order valence-electron chi connectivity index (χ2n) is 5.58. The van der Waals surface area contributed by atoms with Crippen molar-refractivity contribution in [1.29, 1.82) is 0 Å². The van der Waals surface area contributed by atoms with Crippen LogP contribution in [0.4, 0.5) is 0 Å². The van der Waals surface area contributed by atoms with E-state index in [1.54, 1.807) is 11.8 Å². The number of rotatable bonds is 2. The van der Waals surface area contributed by atoms with E-state index < -0.39 is 9.84 Å². The van der Waals surface area contributed by atoms with E-state index in [0.29, 0.717) is 24.1 Å². The van der Waals surface area contributed by atoms with Crippen molar-refractivity contribution in [2.45, 2.75) is 38.8 Å². The molecule has 1 fully saturated rings. The first-order chi connectivity index (χ1) is 7.80. The van der Waals surface area contributed by atoms with Crippen LogP contribution in [0.25, 0.3) is 0 Å². The molecule has 6 heteroatoms. The van der Waals surface area contributed by atoms with E-state index >= 15 is 0 Å². The lowest BCUT2D eigenvalue weighted by Gasteiger charge is -2.24. The Morgan fingerprint density at radius 1 is 1.53 bits per heavy atom. The molecule has 2 aliphatic heterocycles. The van der Waals surface area contributed by atoms with Crippen LogP contribution in [0.3, 0.4) is 0 Å². The van der Waals surface area contributed by atoms with Gasteiger partial charge in [0.05, 0.1) is 23.1 Å². The lowest BCUT2D eigenvalue weighted by molar-refractivity contribution is 0.471. The lowest BCUT2D eigenvalue weighted by atomic mass is 10.0. The summed E-state index contributed by atoms with van der Waals surface area (Å²) >= 11 is 1.71. The molecule has 4 nitrogen and oxygen atoms in total. The van der Waals surface area contributed by atoms with Gasteiger partial charge in [-0.15, -0.1) is 0 Å². The molecule has 0 spiro atoms. The van der Waals surface area contributed by atoms with Gasteiger partial charge in [-0.2, -0.15) is 0 Å². The number of hydrogen-bond acceptors (Lipinski definition) is 5. The SMILES string of the molecule is CC(C)[C@H]1CSC(NC2(C)CCS(=O)(=O)C2)=N1. The van der Waals surface area contributed by atoms with Gasteiger partial charge in [0, 0.05) is 5.75 Å². The Labute approximate surface area is 108 Å². The van der Waals surface area contributed by atoms with E-state index in [1.807, 2.05) is 6.92 Å². The molecule has 98 valence electrons. The zero-order valence-corrected chi connectivity index (χ0v) is 12.2. The second-order valence-corrected chi connectivity index (χ2v) is 8.78. The molecule has 0 aliphatic carbocycles. The maximum Gasteiger partial charge on any atom is 0.157 e. The van der Waals surface area contributed by atoms with Crippen molar-refractivity contribution in [3.63, 3.8) is 0 Å². The van der Waals surface area contributed by atoms with E-state index in [1.165, 1.54) is 0 Å². The standard InChI is InChI=1S/C11H20N2O2S2/c1-8(2)9-6-16-10(12-9)13-11(3)4-5-17(14,15)7-11/h8-9H,4-7H2,1-3H3,(H,12,13)/t9-,11?/m1/s1. The highest BCUT2D eigenvalue weighted by Gasteiger charge is 2.39. The Morgan fingerprint density at radius 3 is 2.71 bits per heavy atom. The van der Waals surface area contributed by atoms with Crippen molar-refractivity contribution in [3.8, 4) is 0 Å². The van der Waals surface area contributed by atoms with Gasteiger partial charge >= 0.3 is 0 Å². The Morgan fingerprint density at radius 2 is 2.24 bits per heavy atom. The van der Waals surface area contributed by atoms with Gasteiger partial charge < -0.3 is 5.32 Å². The van der Waals surface area contributed by atoms with E-state index in [4.69, 9.17) is 0 Å². The third-order valence-electron chi connectivity index (χ3n) is 3.36. The van der Waals surface area contributed by atoms with Gasteiger partial charge in [-0.3, -0.25) is 4.99 Å². The molecule has 0 radical (unpaired) electrons. The normalized spacial score (nSPS) is 36.2. The van der Waals surface area contributed by atoms with Crippen LogP contribution in [0.2, 0.25) is 0 Å². The minimum absolute atomic E-state index is 0.228. The molecule has 0 aromatic heterocycles. The summed E-state index contributed by atoms with van der Waals surface area (Å²) in [5, 5.41) is 4.25. The molecule has 2 aliphatic rings. The molecule has 1 N–H and O–H groups in total. The molecule has 2 heterocycles. The van der Waals surface area contributed by atoms with E-state index in [9.17, 15) is 8.42 Å². The van der Waals surface area contributed by atoms with Crippen molar-refractivity contribution >= 4 is 26.8 Å². The third kappa shape index (κ3) is 3.16. The number of amidine groups is 1. The van der Waals surface area contributed by atoms with E-state index in [2.05, 4.69) is 24.2 Å². The number of nitrogens with one attached hydrogen (secondary N) is 1. The smallest absolute Gasteiger partial charge is 0.157 e. The maximum atomic E-state index is 11.5. The van der Waals surface area contributed by atoms with Crippen molar-refractivity contribution < 1.29 is 8.42 Å². The Bertz CT molecular complexity index is 431. The first kappa shape index (κ1) is 13.2. The number of sulfone groups is 1. The molecule has 0 amide bonds. The first-order valence-corrected chi connectivity index (χ1v) is 8.80. The van der Waals surface area contributed by atoms with Crippen LogP contribution in [0.15, 0.2) is 4.99 Å². The molecule has 0 aromatic carbocycles. The van der Waals surface area contributed by atoms with Crippen LogP contribution in [-0.2, 0) is 9.84 Å². The van der Waals surface area contributed by atoms with E-state index in [-0.39, 0.29) is 11.3 Å². The lowest BCUT2D eigenvalue weighted by Crippen LogP contribution is -2.45. The quantitative estimate of drug-likeness (QED) is 0.825. The predicted molar refractivity (Wildman–Crippen MR) is 73.3 cm³/mol. The van der Waals surface area contributed by atoms with Crippen LogP contribution in [0.1, 0.15) is 27.2 Å². The fourth-order valence-corrected chi connectivity index (χ4v) is 5.58. The summed E-state index contributed by atoms with van der Waals surface area (Å²) in [7, 11) is -2.85. The summed E-state index contributed by atoms with van der Waals surface area (Å²) < 4.78 is 23.0. The molecule has 0 aromatic rings. The van der Waals surface area contributed by atoms with Gasteiger partial charge in [0.15, 0.2) is 15.0 Å². The maximum absolute atomic E-state index is 11.5. The van der Waals surface area contributed by atoms with Crippen LogP contribution in [0, 0.1) is 5.92 Å². The molecule has 17 heavy (non-hydrogen) atoms. The van der Waals surface area contributed by atoms with Crippen molar-refractivity contribution in [1.82, 2.24) is 5.32 Å². The van der Waals surface area contributed by atoms with Gasteiger partial charge in [-0.25, -0.2) is 8.42 Å². The number of aliphatic imine (C=N–C) groups is 1. The van der Waals surface area contributed by atoms with Crippen molar-refractivity contribution in [2.24, 2.45) is 10.9 Å². The van der Waals surface area contributed by atoms with Crippen molar-refractivity contribution in [2.75, 3.05) is 17.3 Å². The highest BCUT2D eigenvalue weighted by Crippen LogP contribution is 2.27. The molecule has 1 unspecified atom stereocenters. The molecule has 0 saturated carbocycles. The molecule has 2 atom stereocenters. The molecular weight excluding hydrogens is 256 g/mol. The summed E-state index contributed by atoms with van der Waals surface area (Å²) in [5.41, 5.74) is -0.323. The van der Waals surface area contributed by atoms with Crippen molar-refractivity contribution in [3.05, 3.63) is 0 Å². The second kappa shape index (κ2) is 4.46. The molecule has 0 bridgehead atoms. The number of thioether (sulfide) groups is 1.